The Labute approximate surface area is 143 Å². The molecule has 0 amide bonds. The number of alkyl halides is 3. The van der Waals surface area contributed by atoms with E-state index >= 15 is 0 Å². The summed E-state index contributed by atoms with van der Waals surface area (Å²) in [5, 5.41) is 12.4. The summed E-state index contributed by atoms with van der Waals surface area (Å²) in [6.07, 6.45) is -2.03. The highest BCUT2D eigenvalue weighted by atomic mass is 19.4. The first-order chi connectivity index (χ1) is 12.0. The van der Waals surface area contributed by atoms with Gasteiger partial charge in [0, 0.05) is 25.8 Å². The summed E-state index contributed by atoms with van der Waals surface area (Å²) in [5.74, 6) is 1.11. The molecule has 3 rings (SSSR count). The fourth-order valence-electron chi connectivity index (χ4n) is 2.84. The lowest BCUT2D eigenvalue weighted by Gasteiger charge is -2.20. The molecule has 8 heteroatoms. The molecule has 0 aromatic carbocycles. The molecule has 0 saturated carbocycles. The van der Waals surface area contributed by atoms with E-state index in [0.29, 0.717) is 19.6 Å². The predicted molar refractivity (Wildman–Crippen MR) is 87.0 cm³/mol. The van der Waals surface area contributed by atoms with E-state index in [9.17, 15) is 18.4 Å². The van der Waals surface area contributed by atoms with Gasteiger partial charge in [0.1, 0.15) is 23.4 Å². The van der Waals surface area contributed by atoms with Crippen molar-refractivity contribution in [3.8, 4) is 6.07 Å². The van der Waals surface area contributed by atoms with Crippen LogP contribution in [0.15, 0.2) is 36.5 Å². The maximum Gasteiger partial charge on any atom is 0.433 e. The van der Waals surface area contributed by atoms with Crippen molar-refractivity contribution < 1.29 is 13.2 Å². The number of rotatable bonds is 4. The van der Waals surface area contributed by atoms with Gasteiger partial charge in [-0.05, 0) is 36.6 Å². The highest BCUT2D eigenvalue weighted by molar-refractivity contribution is 5.55. The third kappa shape index (κ3) is 3.99. The van der Waals surface area contributed by atoms with Crippen molar-refractivity contribution in [2.24, 2.45) is 5.92 Å². The number of anilines is 2. The number of hydrogen-bond acceptors (Lipinski definition) is 5. The third-order valence-corrected chi connectivity index (χ3v) is 4.11. The summed E-state index contributed by atoms with van der Waals surface area (Å²) in [7, 11) is 0. The van der Waals surface area contributed by atoms with Crippen LogP contribution in [0.25, 0.3) is 0 Å². The molecule has 1 unspecified atom stereocenters. The van der Waals surface area contributed by atoms with Gasteiger partial charge in [-0.2, -0.15) is 18.4 Å². The number of nitrogens with zero attached hydrogens (tertiary/aromatic N) is 4. The number of nitriles is 1. The van der Waals surface area contributed by atoms with E-state index in [-0.39, 0.29) is 17.3 Å². The summed E-state index contributed by atoms with van der Waals surface area (Å²) in [4.78, 5) is 9.62. The van der Waals surface area contributed by atoms with Crippen LogP contribution in [0.2, 0.25) is 0 Å². The number of hydrogen-bond donors (Lipinski definition) is 1. The molecular formula is C17H16F3N5. The molecule has 1 aliphatic rings. The van der Waals surface area contributed by atoms with Crippen LogP contribution < -0.4 is 10.2 Å². The lowest BCUT2D eigenvalue weighted by Crippen LogP contribution is -2.25. The zero-order chi connectivity index (χ0) is 17.9. The molecule has 0 radical (unpaired) electrons. The summed E-state index contributed by atoms with van der Waals surface area (Å²) in [6.45, 7) is 1.77. The average Bonchev–Trinajstić information content (AvgIpc) is 3.08. The van der Waals surface area contributed by atoms with Crippen LogP contribution in [-0.4, -0.2) is 29.6 Å². The zero-order valence-electron chi connectivity index (χ0n) is 13.3. The van der Waals surface area contributed by atoms with Crippen molar-refractivity contribution in [2.45, 2.75) is 12.6 Å². The number of pyridine rings is 2. The number of halogens is 3. The van der Waals surface area contributed by atoms with Gasteiger partial charge in [-0.25, -0.2) is 9.97 Å². The van der Waals surface area contributed by atoms with Crippen LogP contribution in [0.5, 0.6) is 0 Å². The maximum absolute atomic E-state index is 12.9. The van der Waals surface area contributed by atoms with Crippen molar-refractivity contribution in [2.75, 3.05) is 29.9 Å². The summed E-state index contributed by atoms with van der Waals surface area (Å²) in [6, 6.07) is 9.51. The van der Waals surface area contributed by atoms with E-state index in [2.05, 4.69) is 15.3 Å². The smallest absolute Gasteiger partial charge is 0.370 e. The van der Waals surface area contributed by atoms with Gasteiger partial charge in [-0.1, -0.05) is 6.07 Å². The third-order valence-electron chi connectivity index (χ3n) is 4.11. The lowest BCUT2D eigenvalue weighted by molar-refractivity contribution is -0.141. The molecule has 1 saturated heterocycles. The average molecular weight is 347 g/mol. The number of nitrogens with one attached hydrogen (secondary N) is 1. The van der Waals surface area contributed by atoms with Crippen LogP contribution in [0.3, 0.4) is 0 Å². The van der Waals surface area contributed by atoms with Crippen LogP contribution in [0, 0.1) is 17.2 Å². The molecule has 0 aliphatic carbocycles. The summed E-state index contributed by atoms with van der Waals surface area (Å²) >= 11 is 0. The van der Waals surface area contributed by atoms with E-state index in [1.54, 1.807) is 11.1 Å². The van der Waals surface area contributed by atoms with Gasteiger partial charge in [0.2, 0.25) is 0 Å². The predicted octanol–water partition coefficient (Wildman–Crippen LogP) is 3.31. The molecule has 3 heterocycles. The SMILES string of the molecule is N#Cc1ccc(C(F)(F)F)nc1N1CCC(CNc2ccccn2)C1. The van der Waals surface area contributed by atoms with E-state index < -0.39 is 11.9 Å². The molecule has 2 aromatic heterocycles. The van der Waals surface area contributed by atoms with Crippen LogP contribution in [0.1, 0.15) is 17.7 Å². The normalized spacial score (nSPS) is 17.4. The quantitative estimate of drug-likeness (QED) is 0.919. The van der Waals surface area contributed by atoms with Gasteiger partial charge in [0.25, 0.3) is 0 Å². The second-order valence-corrected chi connectivity index (χ2v) is 5.87. The van der Waals surface area contributed by atoms with E-state index in [1.807, 2.05) is 24.3 Å². The van der Waals surface area contributed by atoms with Crippen molar-refractivity contribution in [1.82, 2.24) is 9.97 Å². The van der Waals surface area contributed by atoms with Gasteiger partial charge in [-0.15, -0.1) is 0 Å². The van der Waals surface area contributed by atoms with Gasteiger partial charge in [-0.3, -0.25) is 0 Å². The van der Waals surface area contributed by atoms with Gasteiger partial charge in [0.05, 0.1) is 5.56 Å². The maximum atomic E-state index is 12.9. The Morgan fingerprint density at radius 1 is 1.28 bits per heavy atom. The van der Waals surface area contributed by atoms with E-state index in [4.69, 9.17) is 0 Å². The fraction of sp³-hybridized carbons (Fsp3) is 0.353. The summed E-state index contributed by atoms with van der Waals surface area (Å²) < 4.78 is 38.7. The molecule has 25 heavy (non-hydrogen) atoms. The molecule has 1 fully saturated rings. The number of aromatic nitrogens is 2. The minimum atomic E-state index is -4.53. The topological polar surface area (TPSA) is 64.8 Å². The molecule has 130 valence electrons. The molecular weight excluding hydrogens is 331 g/mol. The van der Waals surface area contributed by atoms with E-state index in [0.717, 1.165) is 18.3 Å². The minimum Gasteiger partial charge on any atom is -0.370 e. The Balaban J connectivity index is 1.70. The first-order valence-corrected chi connectivity index (χ1v) is 7.85. The largest absolute Gasteiger partial charge is 0.433 e. The molecule has 1 N–H and O–H groups in total. The fourth-order valence-corrected chi connectivity index (χ4v) is 2.84. The second kappa shape index (κ2) is 6.97. The highest BCUT2D eigenvalue weighted by Crippen LogP contribution is 2.32. The molecule has 2 aromatic rings. The second-order valence-electron chi connectivity index (χ2n) is 5.87. The van der Waals surface area contributed by atoms with Crippen molar-refractivity contribution in [3.05, 3.63) is 47.8 Å². The molecule has 5 nitrogen and oxygen atoms in total. The Morgan fingerprint density at radius 2 is 2.12 bits per heavy atom. The Hall–Kier alpha value is -2.82. The first-order valence-electron chi connectivity index (χ1n) is 7.85. The van der Waals surface area contributed by atoms with Gasteiger partial charge < -0.3 is 10.2 Å². The monoisotopic (exact) mass is 347 g/mol. The Bertz CT molecular complexity index is 770. The van der Waals surface area contributed by atoms with E-state index in [1.165, 1.54) is 6.07 Å². The molecule has 1 aliphatic heterocycles. The zero-order valence-corrected chi connectivity index (χ0v) is 13.3. The summed E-state index contributed by atoms with van der Waals surface area (Å²) in [5.41, 5.74) is -0.817. The van der Waals surface area contributed by atoms with Crippen LogP contribution >= 0.6 is 0 Å². The molecule has 1 atom stereocenters. The van der Waals surface area contributed by atoms with Gasteiger partial charge >= 0.3 is 6.18 Å². The van der Waals surface area contributed by atoms with Gasteiger partial charge in [0.15, 0.2) is 0 Å². The van der Waals surface area contributed by atoms with Crippen LogP contribution in [0.4, 0.5) is 24.8 Å². The minimum absolute atomic E-state index is 0.109. The Morgan fingerprint density at radius 3 is 2.80 bits per heavy atom. The van der Waals surface area contributed by atoms with Crippen molar-refractivity contribution in [1.29, 1.82) is 5.26 Å². The van der Waals surface area contributed by atoms with Crippen molar-refractivity contribution in [3.63, 3.8) is 0 Å². The molecule has 0 spiro atoms. The van der Waals surface area contributed by atoms with Crippen molar-refractivity contribution >= 4 is 11.6 Å². The highest BCUT2D eigenvalue weighted by Gasteiger charge is 2.34. The lowest BCUT2D eigenvalue weighted by atomic mass is 10.1. The van der Waals surface area contributed by atoms with Crippen LogP contribution in [-0.2, 0) is 6.18 Å². The first kappa shape index (κ1) is 17.0. The Kier molecular flexibility index (Phi) is 4.74. The standard InChI is InChI=1S/C17H16F3N5/c18-17(19,20)14-5-4-13(9-21)16(24-14)25-8-6-12(11-25)10-23-15-3-1-2-7-22-15/h1-5,7,12H,6,8,10-11H2,(H,22,23). The molecule has 0 bridgehead atoms.